The second-order valence-electron chi connectivity index (χ2n) is 11.3. The van der Waals surface area contributed by atoms with Gasteiger partial charge >= 0.3 is 5.97 Å². The van der Waals surface area contributed by atoms with E-state index < -0.39 is 5.60 Å². The highest BCUT2D eigenvalue weighted by Gasteiger charge is 2.81. The fourth-order valence-electron chi connectivity index (χ4n) is 9.06. The number of hydrogen-bond donors (Lipinski definition) is 0. The van der Waals surface area contributed by atoms with Crippen molar-refractivity contribution in [1.82, 2.24) is 4.90 Å². The molecule has 6 nitrogen and oxygen atoms in total. The molecule has 0 unspecified atom stereocenters. The molecule has 1 saturated heterocycles. The van der Waals surface area contributed by atoms with Gasteiger partial charge < -0.3 is 18.9 Å². The topological polar surface area (TPSA) is 57.2 Å². The summed E-state index contributed by atoms with van der Waals surface area (Å²) < 4.78 is 24.8. The van der Waals surface area contributed by atoms with Crippen molar-refractivity contribution in [3.05, 3.63) is 23.3 Å². The number of benzene rings is 1. The summed E-state index contributed by atoms with van der Waals surface area (Å²) in [4.78, 5) is 16.2. The van der Waals surface area contributed by atoms with Crippen molar-refractivity contribution >= 4 is 5.97 Å². The summed E-state index contributed by atoms with van der Waals surface area (Å²) in [6, 6.07) is 4.79. The summed E-state index contributed by atoms with van der Waals surface area (Å²) in [5, 5.41) is 0. The van der Waals surface area contributed by atoms with E-state index >= 15 is 0 Å². The number of esters is 1. The van der Waals surface area contributed by atoms with Crippen LogP contribution in [0.5, 0.6) is 11.5 Å². The van der Waals surface area contributed by atoms with Crippen LogP contribution in [0.2, 0.25) is 0 Å². The Bertz CT molecular complexity index is 1020. The van der Waals surface area contributed by atoms with Gasteiger partial charge in [0.1, 0.15) is 11.7 Å². The van der Waals surface area contributed by atoms with Gasteiger partial charge in [0, 0.05) is 36.1 Å². The fourth-order valence-corrected chi connectivity index (χ4v) is 9.06. The fraction of sp³-hybridized carbons (Fsp3) is 0.741. The average molecular weight is 454 g/mol. The zero-order valence-corrected chi connectivity index (χ0v) is 20.0. The molecule has 0 N–H and O–H groups in total. The summed E-state index contributed by atoms with van der Waals surface area (Å²) in [7, 11) is 3.50. The molecule has 5 fully saturated rings. The number of carbonyl (C=O) groups excluding carboxylic acids is 1. The van der Waals surface area contributed by atoms with E-state index in [1.165, 1.54) is 30.5 Å². The number of ether oxygens (including phenoxy) is 4. The lowest BCUT2D eigenvalue weighted by atomic mass is 9.35. The number of hydrogen-bond acceptors (Lipinski definition) is 6. The minimum Gasteiger partial charge on any atom is -0.493 e. The lowest BCUT2D eigenvalue weighted by Crippen LogP contribution is -2.81. The van der Waals surface area contributed by atoms with Crippen LogP contribution in [0.1, 0.15) is 56.6 Å². The van der Waals surface area contributed by atoms with Crippen LogP contribution < -0.4 is 9.47 Å². The Kier molecular flexibility index (Phi) is 4.15. The molecule has 4 bridgehead atoms. The Morgan fingerprint density at radius 3 is 2.79 bits per heavy atom. The van der Waals surface area contributed by atoms with Crippen LogP contribution in [0, 0.1) is 17.3 Å². The quantitative estimate of drug-likeness (QED) is 0.615. The van der Waals surface area contributed by atoms with Gasteiger partial charge in [0.25, 0.3) is 0 Å². The number of carbonyl (C=O) groups is 1. The summed E-state index contributed by atoms with van der Waals surface area (Å²) >= 11 is 0. The van der Waals surface area contributed by atoms with Crippen LogP contribution in [0.4, 0.5) is 0 Å². The third-order valence-corrected chi connectivity index (χ3v) is 10.4. The highest BCUT2D eigenvalue weighted by Crippen LogP contribution is 2.76. The van der Waals surface area contributed by atoms with Crippen LogP contribution in [-0.4, -0.2) is 62.5 Å². The molecule has 1 aromatic rings. The van der Waals surface area contributed by atoms with Crippen molar-refractivity contribution < 1.29 is 23.7 Å². The summed E-state index contributed by atoms with van der Waals surface area (Å²) in [5.41, 5.74) is 2.02. The molecule has 6 atom stereocenters. The van der Waals surface area contributed by atoms with Crippen molar-refractivity contribution in [2.45, 2.75) is 75.0 Å². The molecule has 33 heavy (non-hydrogen) atoms. The molecule has 0 amide bonds. The van der Waals surface area contributed by atoms with Crippen LogP contribution in [0.15, 0.2) is 12.1 Å². The first-order chi connectivity index (χ1) is 16.0. The number of likely N-dealkylation sites (tertiary alicyclic amines) is 1. The molecule has 1 aromatic carbocycles. The molecule has 178 valence electrons. The van der Waals surface area contributed by atoms with Gasteiger partial charge in [0.05, 0.1) is 19.6 Å². The van der Waals surface area contributed by atoms with Crippen LogP contribution in [0.3, 0.4) is 0 Å². The van der Waals surface area contributed by atoms with Gasteiger partial charge in [-0.1, -0.05) is 6.07 Å². The zero-order valence-electron chi connectivity index (χ0n) is 20.0. The van der Waals surface area contributed by atoms with Crippen molar-refractivity contribution in [3.8, 4) is 11.5 Å². The van der Waals surface area contributed by atoms with Crippen LogP contribution >= 0.6 is 0 Å². The Morgan fingerprint density at radius 2 is 2.06 bits per heavy atom. The maximum Gasteiger partial charge on any atom is 0.312 e. The van der Waals surface area contributed by atoms with Crippen molar-refractivity contribution in [1.29, 1.82) is 0 Å². The van der Waals surface area contributed by atoms with E-state index in [-0.39, 0.29) is 28.8 Å². The van der Waals surface area contributed by atoms with Crippen LogP contribution in [0.25, 0.3) is 0 Å². The third-order valence-electron chi connectivity index (χ3n) is 10.4. The molecule has 4 saturated carbocycles. The lowest BCUT2D eigenvalue weighted by Gasteiger charge is -2.73. The predicted molar refractivity (Wildman–Crippen MR) is 122 cm³/mol. The van der Waals surface area contributed by atoms with Crippen molar-refractivity contribution in [3.63, 3.8) is 0 Å². The van der Waals surface area contributed by atoms with Crippen molar-refractivity contribution in [2.24, 2.45) is 17.3 Å². The summed E-state index contributed by atoms with van der Waals surface area (Å²) in [6.07, 6.45) is 7.41. The molecule has 6 heteroatoms. The van der Waals surface area contributed by atoms with Gasteiger partial charge in [-0.3, -0.25) is 9.69 Å². The van der Waals surface area contributed by atoms with Gasteiger partial charge in [-0.15, -0.1) is 0 Å². The molecule has 8 rings (SSSR count). The maximum absolute atomic E-state index is 13.4. The van der Waals surface area contributed by atoms with Gasteiger partial charge in [0.15, 0.2) is 11.5 Å². The number of piperidine rings is 1. The highest BCUT2D eigenvalue weighted by molar-refractivity contribution is 5.76. The second-order valence-corrected chi connectivity index (χ2v) is 11.3. The van der Waals surface area contributed by atoms with Gasteiger partial charge in [0.2, 0.25) is 0 Å². The van der Waals surface area contributed by atoms with Crippen molar-refractivity contribution in [2.75, 3.05) is 33.9 Å². The number of nitrogens with zero attached hydrogens (tertiary/aromatic N) is 1. The third kappa shape index (κ3) is 2.26. The second kappa shape index (κ2) is 6.66. The Balaban J connectivity index is 1.46. The van der Waals surface area contributed by atoms with Gasteiger partial charge in [-0.25, -0.2) is 0 Å². The SMILES string of the molecule is CCOC(=O)[C@H]1C[C@@]23CC[C@]1(OC)[C@@H]1Oc4c(OC)ccc5c4[C@@]12CCN(CC1CC1)[C@@H]3C5. The van der Waals surface area contributed by atoms with E-state index in [2.05, 4.69) is 17.0 Å². The molecular weight excluding hydrogens is 418 g/mol. The first-order valence-electron chi connectivity index (χ1n) is 12.9. The first kappa shape index (κ1) is 20.6. The highest BCUT2D eigenvalue weighted by atomic mass is 16.6. The molecular formula is C27H35NO5. The van der Waals surface area contributed by atoms with Crippen LogP contribution in [-0.2, 0) is 26.1 Å². The minimum absolute atomic E-state index is 0.00707. The number of rotatable bonds is 6. The Hall–Kier alpha value is -1.79. The molecule has 2 aliphatic heterocycles. The summed E-state index contributed by atoms with van der Waals surface area (Å²) in [5.74, 6) is 2.16. The monoisotopic (exact) mass is 453 g/mol. The van der Waals surface area contributed by atoms with E-state index in [9.17, 15) is 4.79 Å². The molecule has 0 aromatic heterocycles. The van der Waals surface area contributed by atoms with E-state index in [4.69, 9.17) is 18.9 Å². The van der Waals surface area contributed by atoms with E-state index in [0.29, 0.717) is 12.6 Å². The normalized spacial score (nSPS) is 42.0. The van der Waals surface area contributed by atoms with Gasteiger partial charge in [-0.2, -0.15) is 0 Å². The lowest BCUT2D eigenvalue weighted by molar-refractivity contribution is -0.276. The van der Waals surface area contributed by atoms with E-state index in [1.807, 2.05) is 6.92 Å². The largest absolute Gasteiger partial charge is 0.493 e. The number of fused-ring (bicyclic) bond motifs is 2. The van der Waals surface area contributed by atoms with E-state index in [0.717, 1.165) is 56.1 Å². The first-order valence-corrected chi connectivity index (χ1v) is 12.9. The molecule has 2 spiro atoms. The van der Waals surface area contributed by atoms with E-state index in [1.54, 1.807) is 14.2 Å². The Labute approximate surface area is 195 Å². The van der Waals surface area contributed by atoms with Gasteiger partial charge in [-0.05, 0) is 76.0 Å². The Morgan fingerprint density at radius 1 is 1.21 bits per heavy atom. The maximum atomic E-state index is 13.4. The zero-order chi connectivity index (χ0) is 22.6. The standard InChI is InChI=1S/C27H35NO5/c1-4-32-23(29)18-14-25-9-10-27(18,31-3)24-26(25)11-12-28(15-16-5-6-16)20(25)13-17-7-8-19(30-2)22(33-24)21(17)26/h7-8,16,18,20,24H,4-6,9-15H2,1-3H3/t18-,20-,24-,25-,26+,27-/m1/s1. The predicted octanol–water partition coefficient (Wildman–Crippen LogP) is 3.48. The molecule has 5 aliphatic carbocycles. The molecule has 0 radical (unpaired) electrons. The molecule has 2 heterocycles. The minimum atomic E-state index is -0.657. The smallest absolute Gasteiger partial charge is 0.312 e. The molecule has 7 aliphatic rings. The number of methoxy groups -OCH3 is 2. The summed E-state index contributed by atoms with van der Waals surface area (Å²) in [6.45, 7) is 4.59. The average Bonchev–Trinajstić information content (AvgIpc) is 3.57.